The van der Waals surface area contributed by atoms with Gasteiger partial charge in [0.1, 0.15) is 0 Å². The Bertz CT molecular complexity index is 195. The molecule has 0 aliphatic carbocycles. The van der Waals surface area contributed by atoms with E-state index in [0.717, 1.165) is 5.38 Å². The molecule has 0 saturated carbocycles. The summed E-state index contributed by atoms with van der Waals surface area (Å²) in [5, 5.41) is 13.3. The van der Waals surface area contributed by atoms with E-state index >= 15 is 0 Å². The van der Waals surface area contributed by atoms with Crippen LogP contribution in [0.1, 0.15) is 0 Å². The van der Waals surface area contributed by atoms with E-state index in [4.69, 9.17) is 5.11 Å². The predicted octanol–water partition coefficient (Wildman–Crippen LogP) is 1.40. The van der Waals surface area contributed by atoms with Crippen LogP contribution >= 0.6 is 11.8 Å². The van der Waals surface area contributed by atoms with E-state index in [9.17, 15) is 9.59 Å². The summed E-state index contributed by atoms with van der Waals surface area (Å²) in [5.41, 5.74) is 0. The Hall–Kier alpha value is -0.0308. The Kier molecular flexibility index (Phi) is 16.4. The third-order valence-electron chi connectivity index (χ3n) is 0.964. The minimum atomic E-state index is -1.14. The van der Waals surface area contributed by atoms with Crippen LogP contribution in [-0.4, -0.2) is 37.3 Å². The number of thioether (sulfide) groups is 1. The second-order valence-electron chi connectivity index (χ2n) is 2.62. The molecule has 0 aromatic rings. The molecule has 15 heavy (non-hydrogen) atoms. The molecule has 0 aliphatic heterocycles. The van der Waals surface area contributed by atoms with E-state index in [1.54, 1.807) is 0 Å². The standard InChI is InChI=1S/C6H13N2O3SSi.CH3.Re/c1-13(2)4-12-6(11)8-3-7-5(9)10;;/h7H,3-4H2,1-2H3,(H,8,11)(H,9,10);1H3;/q;-1;. The maximum absolute atomic E-state index is 11.0. The Balaban J connectivity index is -0.000000720. The topological polar surface area (TPSA) is 78.4 Å². The van der Waals surface area contributed by atoms with E-state index in [1.165, 1.54) is 11.8 Å². The summed E-state index contributed by atoms with van der Waals surface area (Å²) in [6, 6.07) is 0. The van der Waals surface area contributed by atoms with Gasteiger partial charge in [-0.15, -0.1) is 0 Å². The molecule has 0 fully saturated rings. The SMILES string of the molecule is C[Si](C)CSC(=O)NCNC(=O)O.[CH3-].[Re]. The van der Waals surface area contributed by atoms with E-state index in [1.807, 2.05) is 5.32 Å². The maximum Gasteiger partial charge on any atom is 0.406 e. The van der Waals surface area contributed by atoms with Crippen LogP contribution in [0, 0.1) is 7.43 Å². The summed E-state index contributed by atoms with van der Waals surface area (Å²) in [7, 11) is -0.405. The van der Waals surface area contributed by atoms with Gasteiger partial charge in [-0.2, -0.15) is 0 Å². The molecule has 0 aromatic heterocycles. The van der Waals surface area contributed by atoms with Crippen molar-refractivity contribution in [3.63, 3.8) is 0 Å². The Morgan fingerprint density at radius 2 is 1.87 bits per heavy atom. The second-order valence-corrected chi connectivity index (χ2v) is 6.85. The smallest absolute Gasteiger partial charge is 0.406 e. The van der Waals surface area contributed by atoms with Crippen molar-refractivity contribution in [1.29, 1.82) is 0 Å². The quantitative estimate of drug-likeness (QED) is 0.364. The first kappa shape index (κ1) is 20.4. The van der Waals surface area contributed by atoms with Crippen molar-refractivity contribution >= 4 is 31.9 Å². The number of rotatable bonds is 4. The molecule has 90 valence electrons. The van der Waals surface area contributed by atoms with Gasteiger partial charge in [-0.05, 0) is 5.38 Å². The van der Waals surface area contributed by atoms with Crippen LogP contribution in [0.4, 0.5) is 9.59 Å². The number of carbonyl (C=O) groups is 2. The van der Waals surface area contributed by atoms with Gasteiger partial charge < -0.3 is 23.2 Å². The van der Waals surface area contributed by atoms with Crippen molar-refractivity contribution in [3.05, 3.63) is 7.43 Å². The molecule has 0 rings (SSSR count). The fourth-order valence-electron chi connectivity index (χ4n) is 0.453. The molecule has 0 aliphatic rings. The summed E-state index contributed by atoms with van der Waals surface area (Å²) in [5.74, 6) is 0. The third-order valence-corrected chi connectivity index (χ3v) is 4.26. The van der Waals surface area contributed by atoms with Crippen molar-refractivity contribution in [2.24, 2.45) is 0 Å². The van der Waals surface area contributed by atoms with Gasteiger partial charge in [0.2, 0.25) is 0 Å². The minimum absolute atomic E-state index is 0. The average Bonchev–Trinajstić information content (AvgIpc) is 2.00. The van der Waals surface area contributed by atoms with Crippen molar-refractivity contribution < 1.29 is 35.1 Å². The zero-order valence-electron chi connectivity index (χ0n) is 8.96. The molecule has 0 spiro atoms. The summed E-state index contributed by atoms with van der Waals surface area (Å²) in [6.45, 7) is 4.19. The molecular formula is C7H16N2O3ReSSi-. The van der Waals surface area contributed by atoms with Crippen LogP contribution in [0.25, 0.3) is 0 Å². The van der Waals surface area contributed by atoms with Crippen molar-refractivity contribution in [2.45, 2.75) is 13.1 Å². The molecule has 2 amide bonds. The van der Waals surface area contributed by atoms with Crippen molar-refractivity contribution in [3.8, 4) is 0 Å². The summed E-state index contributed by atoms with van der Waals surface area (Å²) in [6.07, 6.45) is -1.14. The first-order valence-corrected chi connectivity index (χ1v) is 7.38. The molecular weight excluding hydrogens is 406 g/mol. The molecule has 3 N–H and O–H groups in total. The third kappa shape index (κ3) is 16.6. The van der Waals surface area contributed by atoms with E-state index in [-0.39, 0.29) is 39.8 Å². The Morgan fingerprint density at radius 3 is 2.27 bits per heavy atom. The van der Waals surface area contributed by atoms with Crippen LogP contribution in [0.15, 0.2) is 0 Å². The molecule has 0 aromatic carbocycles. The number of carbonyl (C=O) groups excluding carboxylic acids is 1. The van der Waals surface area contributed by atoms with Crippen LogP contribution in [-0.2, 0) is 20.4 Å². The average molecular weight is 423 g/mol. The monoisotopic (exact) mass is 423 g/mol. The van der Waals surface area contributed by atoms with Crippen molar-refractivity contribution in [2.75, 3.05) is 12.0 Å². The van der Waals surface area contributed by atoms with Gasteiger partial charge in [0.25, 0.3) is 5.24 Å². The van der Waals surface area contributed by atoms with Crippen LogP contribution in [0.5, 0.6) is 0 Å². The van der Waals surface area contributed by atoms with Crippen LogP contribution in [0.3, 0.4) is 0 Å². The summed E-state index contributed by atoms with van der Waals surface area (Å²) >= 11 is 1.20. The normalized spacial score (nSPS) is 8.47. The fraction of sp³-hybridized carbons (Fsp3) is 0.571. The van der Waals surface area contributed by atoms with Gasteiger partial charge in [0.15, 0.2) is 0 Å². The van der Waals surface area contributed by atoms with Gasteiger partial charge in [-0.25, -0.2) is 4.79 Å². The number of amides is 2. The van der Waals surface area contributed by atoms with Gasteiger partial charge >= 0.3 is 6.09 Å². The molecule has 0 saturated heterocycles. The molecule has 0 heterocycles. The Morgan fingerprint density at radius 1 is 1.33 bits per heavy atom. The number of hydrogen-bond acceptors (Lipinski definition) is 3. The largest absolute Gasteiger partial charge is 0.465 e. The number of nitrogens with one attached hydrogen (secondary N) is 2. The predicted molar refractivity (Wildman–Crippen MR) is 60.9 cm³/mol. The molecule has 0 atom stereocenters. The molecule has 0 bridgehead atoms. The van der Waals surface area contributed by atoms with E-state index < -0.39 is 14.9 Å². The van der Waals surface area contributed by atoms with Gasteiger partial charge in [-0.3, -0.25) is 4.79 Å². The number of carboxylic acid groups (broad SMARTS) is 1. The first-order chi connectivity index (χ1) is 6.02. The van der Waals surface area contributed by atoms with Gasteiger partial charge in [0, 0.05) is 20.4 Å². The zero-order valence-corrected chi connectivity index (χ0v) is 13.5. The molecule has 0 unspecified atom stereocenters. The number of hydrogen-bond donors (Lipinski definition) is 3. The maximum atomic E-state index is 11.0. The first-order valence-electron chi connectivity index (χ1n) is 3.69. The fourth-order valence-corrected chi connectivity index (χ4v) is 2.31. The van der Waals surface area contributed by atoms with Crippen LogP contribution in [0.2, 0.25) is 13.1 Å². The van der Waals surface area contributed by atoms with Crippen molar-refractivity contribution in [1.82, 2.24) is 10.6 Å². The van der Waals surface area contributed by atoms with Gasteiger partial charge in [0.05, 0.1) is 15.5 Å². The zero-order chi connectivity index (χ0) is 10.3. The second kappa shape index (κ2) is 12.0. The van der Waals surface area contributed by atoms with E-state index in [0.29, 0.717) is 0 Å². The van der Waals surface area contributed by atoms with Crippen LogP contribution < -0.4 is 10.6 Å². The minimum Gasteiger partial charge on any atom is -0.465 e. The molecule has 5 nitrogen and oxygen atoms in total. The summed E-state index contributed by atoms with van der Waals surface area (Å²) in [4.78, 5) is 20.9. The van der Waals surface area contributed by atoms with Gasteiger partial charge in [-0.1, -0.05) is 24.9 Å². The van der Waals surface area contributed by atoms with E-state index in [2.05, 4.69) is 18.4 Å². The Labute approximate surface area is 110 Å². The molecule has 2 radical (unpaired) electrons. The molecule has 8 heteroatoms. The summed E-state index contributed by atoms with van der Waals surface area (Å²) < 4.78 is 0.